The first kappa shape index (κ1) is 13.5. The number of aromatic amines is 1. The maximum absolute atomic E-state index is 12.4. The fraction of sp³-hybridized carbons (Fsp3) is 0.308. The van der Waals surface area contributed by atoms with Gasteiger partial charge in [0, 0.05) is 0 Å². The summed E-state index contributed by atoms with van der Waals surface area (Å²) in [7, 11) is 0. The van der Waals surface area contributed by atoms with Gasteiger partial charge in [0.25, 0.3) is 5.56 Å². The number of aromatic nitrogens is 2. The van der Waals surface area contributed by atoms with Gasteiger partial charge in [0.1, 0.15) is 6.04 Å². The maximum atomic E-state index is 12.4. The lowest BCUT2D eigenvalue weighted by molar-refractivity contribution is -0.146. The van der Waals surface area contributed by atoms with Crippen molar-refractivity contribution in [1.82, 2.24) is 9.55 Å². The molecule has 2 rings (SSSR count). The Morgan fingerprint density at radius 2 is 2.16 bits per heavy atom. The number of hydrogen-bond acceptors (Lipinski definition) is 4. The second-order valence-electron chi connectivity index (χ2n) is 4.08. The minimum absolute atomic E-state index is 0.212. The smallest absolute Gasteiger partial charge is 0.329 e. The van der Waals surface area contributed by atoms with Crippen LogP contribution in [0.2, 0.25) is 0 Å². The van der Waals surface area contributed by atoms with Crippen LogP contribution in [0.4, 0.5) is 0 Å². The van der Waals surface area contributed by atoms with E-state index in [0.29, 0.717) is 10.9 Å². The highest BCUT2D eigenvalue weighted by Gasteiger charge is 2.19. The van der Waals surface area contributed by atoms with Crippen molar-refractivity contribution in [1.29, 1.82) is 0 Å². The molecule has 0 aliphatic heterocycles. The van der Waals surface area contributed by atoms with E-state index < -0.39 is 12.0 Å². The zero-order valence-corrected chi connectivity index (χ0v) is 11.5. The summed E-state index contributed by atoms with van der Waals surface area (Å²) >= 11 is 5.15. The first-order valence-corrected chi connectivity index (χ1v) is 6.37. The lowest BCUT2D eigenvalue weighted by Crippen LogP contribution is -2.30. The number of nitrogens with zero attached hydrogens (tertiary/aromatic N) is 1. The zero-order valence-electron chi connectivity index (χ0n) is 10.7. The number of fused-ring (bicyclic) bond motifs is 1. The zero-order chi connectivity index (χ0) is 14.0. The first-order chi connectivity index (χ1) is 9.06. The lowest BCUT2D eigenvalue weighted by atomic mass is 10.2. The van der Waals surface area contributed by atoms with Crippen molar-refractivity contribution >= 4 is 29.1 Å². The molecule has 0 bridgehead atoms. The molecule has 0 saturated carbocycles. The van der Waals surface area contributed by atoms with Crippen molar-refractivity contribution in [3.63, 3.8) is 0 Å². The van der Waals surface area contributed by atoms with E-state index in [-0.39, 0.29) is 16.9 Å². The molecule has 19 heavy (non-hydrogen) atoms. The summed E-state index contributed by atoms with van der Waals surface area (Å²) in [4.78, 5) is 27.1. The molecule has 6 heteroatoms. The van der Waals surface area contributed by atoms with Gasteiger partial charge in [-0.05, 0) is 38.2 Å². The number of carbonyl (C=O) groups is 1. The summed E-state index contributed by atoms with van der Waals surface area (Å²) in [6.07, 6.45) is 0. The number of esters is 1. The molecular weight excluding hydrogens is 264 g/mol. The predicted molar refractivity (Wildman–Crippen MR) is 74.7 cm³/mol. The van der Waals surface area contributed by atoms with Gasteiger partial charge in [0.15, 0.2) is 4.77 Å². The fourth-order valence-electron chi connectivity index (χ4n) is 1.90. The van der Waals surface area contributed by atoms with Crippen LogP contribution in [0.15, 0.2) is 29.1 Å². The topological polar surface area (TPSA) is 64.1 Å². The Balaban J connectivity index is 2.64. The highest BCUT2D eigenvalue weighted by Crippen LogP contribution is 2.11. The summed E-state index contributed by atoms with van der Waals surface area (Å²) in [6, 6.07) is 6.29. The summed E-state index contributed by atoms with van der Waals surface area (Å²) < 4.78 is 6.38. The molecule has 5 nitrogen and oxygen atoms in total. The van der Waals surface area contributed by atoms with Crippen molar-refractivity contribution < 1.29 is 9.53 Å². The van der Waals surface area contributed by atoms with Crippen molar-refractivity contribution in [2.75, 3.05) is 6.61 Å². The van der Waals surface area contributed by atoms with E-state index in [1.165, 1.54) is 4.57 Å². The van der Waals surface area contributed by atoms with Gasteiger partial charge < -0.3 is 9.72 Å². The van der Waals surface area contributed by atoms with Gasteiger partial charge in [-0.25, -0.2) is 4.79 Å². The summed E-state index contributed by atoms with van der Waals surface area (Å²) in [6.45, 7) is 3.58. The van der Waals surface area contributed by atoms with Gasteiger partial charge >= 0.3 is 5.97 Å². The minimum atomic E-state index is -0.749. The number of benzene rings is 1. The Kier molecular flexibility index (Phi) is 3.80. The van der Waals surface area contributed by atoms with Crippen LogP contribution in [0.1, 0.15) is 19.9 Å². The Morgan fingerprint density at radius 1 is 1.47 bits per heavy atom. The molecule has 100 valence electrons. The van der Waals surface area contributed by atoms with E-state index in [0.717, 1.165) is 0 Å². The Hall–Kier alpha value is -1.95. The molecule has 0 fully saturated rings. The first-order valence-electron chi connectivity index (χ1n) is 5.96. The van der Waals surface area contributed by atoms with Gasteiger partial charge in [-0.2, -0.15) is 0 Å². The monoisotopic (exact) mass is 278 g/mol. The van der Waals surface area contributed by atoms with E-state index in [2.05, 4.69) is 4.98 Å². The molecule has 0 aliphatic rings. The highest BCUT2D eigenvalue weighted by molar-refractivity contribution is 7.71. The number of hydrogen-bond donors (Lipinski definition) is 1. The van der Waals surface area contributed by atoms with Crippen LogP contribution < -0.4 is 5.56 Å². The molecule has 1 aromatic carbocycles. The van der Waals surface area contributed by atoms with Crippen molar-refractivity contribution in [3.8, 4) is 0 Å². The average molecular weight is 278 g/mol. The van der Waals surface area contributed by atoms with Crippen LogP contribution in [0.3, 0.4) is 0 Å². The van der Waals surface area contributed by atoms with Gasteiger partial charge in [0.2, 0.25) is 0 Å². The van der Waals surface area contributed by atoms with E-state index >= 15 is 0 Å². The Bertz CT molecular complexity index is 732. The summed E-state index contributed by atoms with van der Waals surface area (Å²) in [5.74, 6) is -0.473. The number of carbonyl (C=O) groups excluding carboxylic acids is 1. The molecule has 0 aliphatic carbocycles. The standard InChI is InChI=1S/C13H14N2O3S/c1-3-18-12(17)8(2)15-11(16)9-6-4-5-7-10(9)14-13(15)19/h4-8H,3H2,1-2H3,(H,14,19). The molecule has 0 saturated heterocycles. The Morgan fingerprint density at radius 3 is 2.84 bits per heavy atom. The van der Waals surface area contributed by atoms with Gasteiger partial charge in [0.05, 0.1) is 17.5 Å². The predicted octanol–water partition coefficient (Wildman–Crippen LogP) is 2.18. The van der Waals surface area contributed by atoms with Crippen molar-refractivity contribution in [2.24, 2.45) is 0 Å². The van der Waals surface area contributed by atoms with Crippen LogP contribution in [-0.4, -0.2) is 22.1 Å². The SMILES string of the molecule is CCOC(=O)C(C)n1c(=S)[nH]c2ccccc2c1=O. The second kappa shape index (κ2) is 5.36. The minimum Gasteiger partial charge on any atom is -0.464 e. The molecule has 2 aromatic rings. The molecule has 0 spiro atoms. The van der Waals surface area contributed by atoms with E-state index in [1.807, 2.05) is 6.07 Å². The number of ether oxygens (including phenoxy) is 1. The number of rotatable bonds is 3. The largest absolute Gasteiger partial charge is 0.464 e. The second-order valence-corrected chi connectivity index (χ2v) is 4.47. The van der Waals surface area contributed by atoms with Crippen LogP contribution in [0.25, 0.3) is 10.9 Å². The maximum Gasteiger partial charge on any atom is 0.329 e. The van der Waals surface area contributed by atoms with Crippen LogP contribution in [-0.2, 0) is 9.53 Å². The van der Waals surface area contributed by atoms with Crippen LogP contribution in [0.5, 0.6) is 0 Å². The third-order valence-electron chi connectivity index (χ3n) is 2.85. The molecular formula is C13H14N2O3S. The third-order valence-corrected chi connectivity index (χ3v) is 3.15. The van der Waals surface area contributed by atoms with Gasteiger partial charge in [-0.15, -0.1) is 0 Å². The quantitative estimate of drug-likeness (QED) is 0.690. The fourth-order valence-corrected chi connectivity index (χ4v) is 2.25. The van der Waals surface area contributed by atoms with Crippen LogP contribution in [0, 0.1) is 4.77 Å². The van der Waals surface area contributed by atoms with Crippen molar-refractivity contribution in [3.05, 3.63) is 39.4 Å². The summed E-state index contributed by atoms with van der Waals surface area (Å²) in [5, 5.41) is 0.493. The molecule has 1 N–H and O–H groups in total. The average Bonchev–Trinajstić information content (AvgIpc) is 2.38. The number of para-hydroxylation sites is 1. The molecule has 0 radical (unpaired) electrons. The van der Waals surface area contributed by atoms with Crippen molar-refractivity contribution in [2.45, 2.75) is 19.9 Å². The Labute approximate surface area is 114 Å². The van der Waals surface area contributed by atoms with Gasteiger partial charge in [-0.1, -0.05) is 12.1 Å². The number of H-pyrrole nitrogens is 1. The van der Waals surface area contributed by atoms with Crippen LogP contribution >= 0.6 is 12.2 Å². The van der Waals surface area contributed by atoms with Gasteiger partial charge in [-0.3, -0.25) is 9.36 Å². The molecule has 0 amide bonds. The molecule has 1 atom stereocenters. The summed E-state index contributed by atoms with van der Waals surface area (Å²) in [5.41, 5.74) is 0.365. The molecule has 1 heterocycles. The highest BCUT2D eigenvalue weighted by atomic mass is 32.1. The molecule has 1 aromatic heterocycles. The van der Waals surface area contributed by atoms with E-state index in [1.54, 1.807) is 32.0 Å². The van der Waals surface area contributed by atoms with E-state index in [4.69, 9.17) is 17.0 Å². The molecule has 1 unspecified atom stereocenters. The third kappa shape index (κ3) is 2.44. The number of nitrogens with one attached hydrogen (secondary N) is 1. The van der Waals surface area contributed by atoms with E-state index in [9.17, 15) is 9.59 Å². The lowest BCUT2D eigenvalue weighted by Gasteiger charge is -2.14. The normalized spacial score (nSPS) is 12.3.